The topological polar surface area (TPSA) is 127 Å². The van der Waals surface area contributed by atoms with Gasteiger partial charge >= 0.3 is 0 Å². The first-order valence-electron chi connectivity index (χ1n) is 7.88. The van der Waals surface area contributed by atoms with Crippen LogP contribution in [0.25, 0.3) is 0 Å². The lowest BCUT2D eigenvalue weighted by Crippen LogP contribution is -2.54. The first-order valence-corrected chi connectivity index (χ1v) is 7.88. The van der Waals surface area contributed by atoms with Crippen molar-refractivity contribution < 1.29 is 14.4 Å². The Morgan fingerprint density at radius 2 is 1.67 bits per heavy atom. The van der Waals surface area contributed by atoms with Crippen molar-refractivity contribution in [2.24, 2.45) is 17.4 Å². The fourth-order valence-electron chi connectivity index (χ4n) is 2.04. The van der Waals surface area contributed by atoms with Gasteiger partial charge in [-0.05, 0) is 18.4 Å². The number of carbonyl (C=O) groups excluding carboxylic acids is 3. The first kappa shape index (κ1) is 19.6. The molecule has 3 amide bonds. The van der Waals surface area contributed by atoms with Gasteiger partial charge in [-0.2, -0.15) is 0 Å². The number of amides is 3. The average molecular weight is 334 g/mol. The van der Waals surface area contributed by atoms with Crippen LogP contribution in [0.15, 0.2) is 24.3 Å². The Morgan fingerprint density at radius 3 is 2.17 bits per heavy atom. The zero-order valence-corrected chi connectivity index (χ0v) is 14.3. The van der Waals surface area contributed by atoms with Gasteiger partial charge in [0.15, 0.2) is 0 Å². The fraction of sp³-hybridized carbons (Fsp3) is 0.471. The van der Waals surface area contributed by atoms with Crippen LogP contribution < -0.4 is 22.1 Å². The van der Waals surface area contributed by atoms with E-state index in [0.29, 0.717) is 6.42 Å². The van der Waals surface area contributed by atoms with E-state index in [1.807, 2.05) is 45.0 Å². The monoisotopic (exact) mass is 334 g/mol. The normalized spacial score (nSPS) is 13.2. The van der Waals surface area contributed by atoms with E-state index in [1.54, 1.807) is 0 Å². The van der Waals surface area contributed by atoms with Crippen LogP contribution in [0.4, 0.5) is 0 Å². The van der Waals surface area contributed by atoms with Crippen molar-refractivity contribution in [3.05, 3.63) is 35.4 Å². The molecule has 7 nitrogen and oxygen atoms in total. The summed E-state index contributed by atoms with van der Waals surface area (Å²) >= 11 is 0. The van der Waals surface area contributed by atoms with Crippen molar-refractivity contribution >= 4 is 17.7 Å². The second-order valence-electron chi connectivity index (χ2n) is 6.20. The average Bonchev–Trinajstić information content (AvgIpc) is 2.52. The smallest absolute Gasteiger partial charge is 0.243 e. The van der Waals surface area contributed by atoms with Crippen molar-refractivity contribution in [2.75, 3.05) is 6.54 Å². The summed E-state index contributed by atoms with van der Waals surface area (Å²) in [7, 11) is 0. The van der Waals surface area contributed by atoms with E-state index in [1.165, 1.54) is 0 Å². The van der Waals surface area contributed by atoms with E-state index in [-0.39, 0.29) is 12.5 Å². The highest BCUT2D eigenvalue weighted by atomic mass is 16.2. The number of aryl methyl sites for hydroxylation is 1. The summed E-state index contributed by atoms with van der Waals surface area (Å²) in [5, 5.41) is 5.07. The molecule has 6 N–H and O–H groups in total. The Hall–Kier alpha value is -2.41. The second-order valence-corrected chi connectivity index (χ2v) is 6.20. The standard InChI is InChI=1S/C17H26N4O3/c1-10(2)15(19)17(24)21-13(16(23)20-9-14(18)22)8-12-6-4-11(3)5-7-12/h4-7,10,13,15H,8-9,19H2,1-3H3,(H2,18,22)(H,20,23)(H,21,24)/t13-,15-/m0/s1. The molecule has 0 bridgehead atoms. The maximum atomic E-state index is 12.3. The van der Waals surface area contributed by atoms with Crippen LogP contribution in [0.3, 0.4) is 0 Å². The lowest BCUT2D eigenvalue weighted by molar-refractivity contribution is -0.130. The summed E-state index contributed by atoms with van der Waals surface area (Å²) in [6.45, 7) is 5.33. The van der Waals surface area contributed by atoms with Crippen LogP contribution in [0.1, 0.15) is 25.0 Å². The lowest BCUT2D eigenvalue weighted by Gasteiger charge is -2.22. The van der Waals surface area contributed by atoms with Crippen molar-refractivity contribution in [3.63, 3.8) is 0 Å². The van der Waals surface area contributed by atoms with Gasteiger partial charge in [-0.25, -0.2) is 0 Å². The molecule has 1 aromatic rings. The highest BCUT2D eigenvalue weighted by Gasteiger charge is 2.25. The molecule has 1 aromatic carbocycles. The van der Waals surface area contributed by atoms with E-state index in [0.717, 1.165) is 11.1 Å². The molecule has 0 heterocycles. The lowest BCUT2D eigenvalue weighted by atomic mass is 10.0. The number of primary amides is 1. The van der Waals surface area contributed by atoms with Gasteiger partial charge in [0.25, 0.3) is 0 Å². The van der Waals surface area contributed by atoms with Gasteiger partial charge in [0.2, 0.25) is 17.7 Å². The predicted molar refractivity (Wildman–Crippen MR) is 91.8 cm³/mol. The molecule has 24 heavy (non-hydrogen) atoms. The number of rotatable bonds is 8. The van der Waals surface area contributed by atoms with E-state index >= 15 is 0 Å². The minimum Gasteiger partial charge on any atom is -0.368 e. The van der Waals surface area contributed by atoms with Gasteiger partial charge in [0.1, 0.15) is 6.04 Å². The molecule has 0 radical (unpaired) electrons. The largest absolute Gasteiger partial charge is 0.368 e. The van der Waals surface area contributed by atoms with Gasteiger partial charge in [-0.15, -0.1) is 0 Å². The molecule has 132 valence electrons. The van der Waals surface area contributed by atoms with Crippen LogP contribution in [0.5, 0.6) is 0 Å². The Morgan fingerprint density at radius 1 is 1.08 bits per heavy atom. The third-order valence-corrected chi connectivity index (χ3v) is 3.65. The van der Waals surface area contributed by atoms with Gasteiger partial charge in [0.05, 0.1) is 12.6 Å². The summed E-state index contributed by atoms with van der Waals surface area (Å²) in [5.74, 6) is -1.59. The van der Waals surface area contributed by atoms with Crippen LogP contribution >= 0.6 is 0 Å². The molecule has 0 saturated carbocycles. The van der Waals surface area contributed by atoms with Crippen molar-refractivity contribution in [1.82, 2.24) is 10.6 Å². The number of hydrogen-bond acceptors (Lipinski definition) is 4. The number of hydrogen-bond donors (Lipinski definition) is 4. The minimum absolute atomic E-state index is 0.0568. The fourth-order valence-corrected chi connectivity index (χ4v) is 2.04. The van der Waals surface area contributed by atoms with Crippen molar-refractivity contribution in [1.29, 1.82) is 0 Å². The zero-order chi connectivity index (χ0) is 18.3. The second kappa shape index (κ2) is 9.02. The molecule has 0 aliphatic heterocycles. The number of nitrogens with two attached hydrogens (primary N) is 2. The van der Waals surface area contributed by atoms with E-state index < -0.39 is 29.8 Å². The van der Waals surface area contributed by atoms with E-state index in [9.17, 15) is 14.4 Å². The van der Waals surface area contributed by atoms with Crippen LogP contribution in [0.2, 0.25) is 0 Å². The summed E-state index contributed by atoms with van der Waals surface area (Å²) in [6.07, 6.45) is 0.293. The van der Waals surface area contributed by atoms with Gasteiger partial charge in [0, 0.05) is 6.42 Å². The maximum absolute atomic E-state index is 12.3. The number of carbonyl (C=O) groups is 3. The van der Waals surface area contributed by atoms with E-state index in [4.69, 9.17) is 11.5 Å². The first-order chi connectivity index (χ1) is 11.2. The van der Waals surface area contributed by atoms with Gasteiger partial charge in [-0.3, -0.25) is 14.4 Å². The Balaban J connectivity index is 2.85. The Labute approximate surface area is 142 Å². The summed E-state index contributed by atoms with van der Waals surface area (Å²) in [4.78, 5) is 35.3. The molecule has 0 fully saturated rings. The SMILES string of the molecule is Cc1ccc(C[C@H](NC(=O)[C@@H](N)C(C)C)C(=O)NCC(N)=O)cc1. The summed E-state index contributed by atoms with van der Waals surface area (Å²) in [6, 6.07) is 6.08. The Bertz CT molecular complexity index is 584. The third kappa shape index (κ3) is 6.37. The van der Waals surface area contributed by atoms with Gasteiger partial charge in [-0.1, -0.05) is 43.7 Å². The zero-order valence-electron chi connectivity index (χ0n) is 14.3. The molecule has 0 saturated heterocycles. The Kier molecular flexibility index (Phi) is 7.38. The summed E-state index contributed by atoms with van der Waals surface area (Å²) in [5.41, 5.74) is 12.8. The quantitative estimate of drug-likeness (QED) is 0.516. The highest BCUT2D eigenvalue weighted by molar-refractivity contribution is 5.91. The van der Waals surface area contributed by atoms with Crippen molar-refractivity contribution in [3.8, 4) is 0 Å². The molecule has 0 unspecified atom stereocenters. The minimum atomic E-state index is -0.829. The molecule has 0 spiro atoms. The van der Waals surface area contributed by atoms with Crippen molar-refractivity contribution in [2.45, 2.75) is 39.3 Å². The molecule has 7 heteroatoms. The summed E-state index contributed by atoms with van der Waals surface area (Å²) < 4.78 is 0. The van der Waals surface area contributed by atoms with E-state index in [2.05, 4.69) is 10.6 Å². The van der Waals surface area contributed by atoms with Crippen LogP contribution in [-0.4, -0.2) is 36.3 Å². The molecule has 0 aliphatic carbocycles. The number of nitrogens with one attached hydrogen (secondary N) is 2. The molecular weight excluding hydrogens is 308 g/mol. The molecular formula is C17H26N4O3. The third-order valence-electron chi connectivity index (χ3n) is 3.65. The molecule has 1 rings (SSSR count). The molecule has 0 aliphatic rings. The van der Waals surface area contributed by atoms with Gasteiger partial charge < -0.3 is 22.1 Å². The highest BCUT2D eigenvalue weighted by Crippen LogP contribution is 2.07. The maximum Gasteiger partial charge on any atom is 0.243 e. The number of benzene rings is 1. The predicted octanol–water partition coefficient (Wildman–Crippen LogP) is -0.393. The molecule has 0 aromatic heterocycles. The molecule has 2 atom stereocenters. The van der Waals surface area contributed by atoms with Crippen LogP contribution in [-0.2, 0) is 20.8 Å². The van der Waals surface area contributed by atoms with Crippen LogP contribution in [0, 0.1) is 12.8 Å².